The second kappa shape index (κ2) is 5.61. The zero-order valence-corrected chi connectivity index (χ0v) is 7.50. The van der Waals surface area contributed by atoms with Crippen molar-refractivity contribution in [2.45, 2.75) is 12.5 Å². The Morgan fingerprint density at radius 3 is 2.79 bits per heavy atom. The first-order chi connectivity index (χ1) is 6.86. The molecule has 0 bridgehead atoms. The molecular formula is C9H10N4O. The lowest BCUT2D eigenvalue weighted by atomic mass is 10.1. The smallest absolute Gasteiger partial charge is 0.164 e. The molecule has 1 N–H and O–H groups in total. The molecule has 5 heteroatoms. The van der Waals surface area contributed by atoms with Crippen molar-refractivity contribution >= 4 is 6.29 Å². The van der Waals surface area contributed by atoms with Crippen molar-refractivity contribution in [2.75, 3.05) is 0 Å². The molecule has 72 valence electrons. The van der Waals surface area contributed by atoms with Gasteiger partial charge in [-0.3, -0.25) is 10.2 Å². The van der Waals surface area contributed by atoms with Crippen molar-refractivity contribution in [2.24, 2.45) is 5.22 Å². The van der Waals surface area contributed by atoms with Gasteiger partial charge in [0.2, 0.25) is 0 Å². The molecule has 14 heavy (non-hydrogen) atoms. The van der Waals surface area contributed by atoms with Crippen LogP contribution < -0.4 is 5.43 Å². The van der Waals surface area contributed by atoms with Crippen LogP contribution in [-0.2, 0) is 11.2 Å². The van der Waals surface area contributed by atoms with Gasteiger partial charge < -0.3 is 0 Å². The molecule has 5 nitrogen and oxygen atoms in total. The lowest BCUT2D eigenvalue weighted by Gasteiger charge is -2.05. The molecule has 1 rings (SSSR count). The van der Waals surface area contributed by atoms with Gasteiger partial charge in [-0.1, -0.05) is 30.3 Å². The van der Waals surface area contributed by atoms with Crippen LogP contribution in [-0.4, -0.2) is 12.3 Å². The molecule has 0 amide bonds. The van der Waals surface area contributed by atoms with Crippen molar-refractivity contribution in [1.82, 2.24) is 5.43 Å². The highest BCUT2D eigenvalue weighted by molar-refractivity contribution is 5.58. The van der Waals surface area contributed by atoms with E-state index in [9.17, 15) is 4.79 Å². The first kappa shape index (κ1) is 10.1. The molecule has 0 spiro atoms. The summed E-state index contributed by atoms with van der Waals surface area (Å²) in [6, 6.07) is 9.05. The van der Waals surface area contributed by atoms with Crippen LogP contribution in [0.15, 0.2) is 35.6 Å². The Kier molecular flexibility index (Phi) is 4.04. The van der Waals surface area contributed by atoms with Gasteiger partial charge in [0.1, 0.15) is 0 Å². The molecule has 0 aliphatic rings. The second-order valence-electron chi connectivity index (χ2n) is 2.75. The summed E-state index contributed by atoms with van der Waals surface area (Å²) in [5, 5.41) is 3.14. The fourth-order valence-corrected chi connectivity index (χ4v) is 1.09. The third kappa shape index (κ3) is 3.16. The van der Waals surface area contributed by atoms with Gasteiger partial charge in [-0.15, -0.1) is 5.53 Å². The van der Waals surface area contributed by atoms with Gasteiger partial charge in [-0.25, -0.2) is 0 Å². The summed E-state index contributed by atoms with van der Waals surface area (Å²) < 4.78 is 0. The van der Waals surface area contributed by atoms with Gasteiger partial charge in [0.15, 0.2) is 12.3 Å². The summed E-state index contributed by atoms with van der Waals surface area (Å²) in [5.74, 6) is 0. The fourth-order valence-electron chi connectivity index (χ4n) is 1.09. The van der Waals surface area contributed by atoms with Gasteiger partial charge in [-0.05, 0) is 10.8 Å². The van der Waals surface area contributed by atoms with Gasteiger partial charge in [0.25, 0.3) is 0 Å². The highest BCUT2D eigenvalue weighted by Gasteiger charge is 2.08. The lowest BCUT2D eigenvalue weighted by Crippen LogP contribution is -2.27. The number of nitrogens with zero attached hydrogens (tertiary/aromatic N) is 3. The second-order valence-corrected chi connectivity index (χ2v) is 2.75. The van der Waals surface area contributed by atoms with E-state index < -0.39 is 6.04 Å². The molecule has 0 saturated carbocycles. The Morgan fingerprint density at radius 2 is 2.21 bits per heavy atom. The molecule has 0 saturated heterocycles. The predicted molar refractivity (Wildman–Crippen MR) is 52.3 cm³/mol. The van der Waals surface area contributed by atoms with Crippen molar-refractivity contribution in [3.8, 4) is 0 Å². The van der Waals surface area contributed by atoms with Gasteiger partial charge in [0.05, 0.1) is 0 Å². The molecular weight excluding hydrogens is 180 g/mol. The molecule has 1 atom stereocenters. The average Bonchev–Trinajstić information content (AvgIpc) is 2.25. The molecule has 1 aromatic rings. The lowest BCUT2D eigenvalue weighted by molar-refractivity contribution is -0.109. The average molecular weight is 190 g/mol. The van der Waals surface area contributed by atoms with E-state index in [4.69, 9.17) is 5.53 Å². The Hall–Kier alpha value is -2.00. The number of benzene rings is 1. The maximum absolute atomic E-state index is 10.6. The van der Waals surface area contributed by atoms with Crippen LogP contribution in [0.3, 0.4) is 0 Å². The summed E-state index contributed by atoms with van der Waals surface area (Å²) in [5.41, 5.74) is 11.5. The third-order valence-corrected chi connectivity index (χ3v) is 1.73. The van der Waals surface area contributed by atoms with E-state index in [-0.39, 0.29) is 0 Å². The molecule has 1 aromatic carbocycles. The quantitative estimate of drug-likeness (QED) is 0.252. The Bertz CT molecular complexity index is 332. The van der Waals surface area contributed by atoms with E-state index in [2.05, 4.69) is 15.6 Å². The molecule has 0 fully saturated rings. The molecule has 0 radical (unpaired) electrons. The van der Waals surface area contributed by atoms with Crippen LogP contribution >= 0.6 is 0 Å². The van der Waals surface area contributed by atoms with Gasteiger partial charge in [0, 0.05) is 6.42 Å². The summed E-state index contributed by atoms with van der Waals surface area (Å²) in [4.78, 5) is 13.1. The van der Waals surface area contributed by atoms with Crippen molar-refractivity contribution in [3.05, 3.63) is 46.3 Å². The van der Waals surface area contributed by atoms with Crippen LogP contribution in [0.4, 0.5) is 0 Å². The standard InChI is InChI=1S/C9H10N4O/c10-12-13-11-9(7-14)6-8-4-2-1-3-5-8/h1-5,7,9,11H,6H2/t9-/m0/s1. The summed E-state index contributed by atoms with van der Waals surface area (Å²) in [6.45, 7) is 0. The summed E-state index contributed by atoms with van der Waals surface area (Å²) >= 11 is 0. The van der Waals surface area contributed by atoms with Gasteiger partial charge in [-0.2, -0.15) is 4.91 Å². The highest BCUT2D eigenvalue weighted by Crippen LogP contribution is 2.01. The van der Waals surface area contributed by atoms with E-state index in [1.807, 2.05) is 30.3 Å². The van der Waals surface area contributed by atoms with E-state index in [0.29, 0.717) is 6.42 Å². The van der Waals surface area contributed by atoms with Crippen molar-refractivity contribution in [1.29, 1.82) is 0 Å². The van der Waals surface area contributed by atoms with Crippen LogP contribution in [0, 0.1) is 0 Å². The Balaban J connectivity index is 2.56. The maximum Gasteiger partial charge on any atom is 0.164 e. The number of carbonyl (C=O) groups is 1. The predicted octanol–water partition coefficient (Wildman–Crippen LogP) is 1.61. The molecule has 0 aromatic heterocycles. The maximum atomic E-state index is 10.6. The minimum atomic E-state index is -0.465. The largest absolute Gasteiger partial charge is 0.299 e. The first-order valence-electron chi connectivity index (χ1n) is 4.15. The molecule has 0 aliphatic carbocycles. The number of azide groups is 1. The number of carbonyl (C=O) groups excluding carboxylic acids is 1. The molecule has 0 aliphatic heterocycles. The number of hydrogen-bond acceptors (Lipinski definition) is 2. The third-order valence-electron chi connectivity index (χ3n) is 1.73. The van der Waals surface area contributed by atoms with Crippen LogP contribution in [0.1, 0.15) is 5.56 Å². The highest BCUT2D eigenvalue weighted by atomic mass is 16.1. The van der Waals surface area contributed by atoms with Crippen LogP contribution in [0.25, 0.3) is 10.4 Å². The minimum Gasteiger partial charge on any atom is -0.299 e. The number of nitrogens with one attached hydrogen (secondary N) is 1. The van der Waals surface area contributed by atoms with E-state index in [0.717, 1.165) is 11.8 Å². The van der Waals surface area contributed by atoms with Gasteiger partial charge >= 0.3 is 0 Å². The Labute approximate surface area is 81.3 Å². The van der Waals surface area contributed by atoms with Crippen molar-refractivity contribution in [3.63, 3.8) is 0 Å². The monoisotopic (exact) mass is 190 g/mol. The van der Waals surface area contributed by atoms with E-state index in [1.165, 1.54) is 0 Å². The zero-order chi connectivity index (χ0) is 10.2. The van der Waals surface area contributed by atoms with E-state index in [1.54, 1.807) is 0 Å². The first-order valence-corrected chi connectivity index (χ1v) is 4.15. The number of rotatable bonds is 5. The Morgan fingerprint density at radius 1 is 1.50 bits per heavy atom. The van der Waals surface area contributed by atoms with Crippen molar-refractivity contribution < 1.29 is 4.79 Å². The topological polar surface area (TPSA) is 77.9 Å². The van der Waals surface area contributed by atoms with E-state index >= 15 is 0 Å². The molecule has 0 unspecified atom stereocenters. The zero-order valence-electron chi connectivity index (χ0n) is 7.50. The summed E-state index contributed by atoms with van der Waals surface area (Å²) in [6.07, 6.45) is 1.24. The SMILES string of the molecule is [N-]=[N+]=NN[C@H](C=O)Cc1ccccc1. The number of hydrogen-bond donors (Lipinski definition) is 1. The fraction of sp³-hybridized carbons (Fsp3) is 0.222. The normalized spacial score (nSPS) is 11.1. The molecule has 0 heterocycles. The minimum absolute atomic E-state index is 0.465. The van der Waals surface area contributed by atoms with Crippen LogP contribution in [0.5, 0.6) is 0 Å². The number of aldehydes is 1. The van der Waals surface area contributed by atoms with Crippen LogP contribution in [0.2, 0.25) is 0 Å². The summed E-state index contributed by atoms with van der Waals surface area (Å²) in [7, 11) is 0.